The standard InChI is InChI=1S/C15H19N5O3/c1-22-7-5-20-10-12-3-6-23-13(14(12)19-20)9-16-15(21)11-2-4-17-18-8-11/h2,4,8,10,13H,3,5-7,9H2,1H3,(H,16,21). The first-order valence-corrected chi connectivity index (χ1v) is 7.49. The summed E-state index contributed by atoms with van der Waals surface area (Å²) in [7, 11) is 1.67. The molecule has 122 valence electrons. The largest absolute Gasteiger partial charge is 0.383 e. The highest BCUT2D eigenvalue weighted by atomic mass is 16.5. The van der Waals surface area contributed by atoms with Crippen molar-refractivity contribution < 1.29 is 14.3 Å². The molecule has 1 amide bonds. The zero-order chi connectivity index (χ0) is 16.1. The summed E-state index contributed by atoms with van der Waals surface area (Å²) in [4.78, 5) is 12.1. The van der Waals surface area contributed by atoms with E-state index in [4.69, 9.17) is 9.47 Å². The van der Waals surface area contributed by atoms with Gasteiger partial charge in [-0.05, 0) is 18.1 Å². The van der Waals surface area contributed by atoms with Gasteiger partial charge in [-0.3, -0.25) is 9.48 Å². The smallest absolute Gasteiger partial charge is 0.253 e. The van der Waals surface area contributed by atoms with Crippen LogP contribution in [0, 0.1) is 0 Å². The molecule has 1 atom stereocenters. The van der Waals surface area contributed by atoms with Gasteiger partial charge in [0.1, 0.15) is 6.10 Å². The van der Waals surface area contributed by atoms with Crippen LogP contribution in [-0.2, 0) is 22.4 Å². The van der Waals surface area contributed by atoms with Crippen LogP contribution in [0.2, 0.25) is 0 Å². The summed E-state index contributed by atoms with van der Waals surface area (Å²) in [6.45, 7) is 2.30. The van der Waals surface area contributed by atoms with Crippen LogP contribution in [0.5, 0.6) is 0 Å². The van der Waals surface area contributed by atoms with Crippen molar-refractivity contribution in [1.29, 1.82) is 0 Å². The van der Waals surface area contributed by atoms with Gasteiger partial charge in [-0.15, -0.1) is 0 Å². The van der Waals surface area contributed by atoms with Crippen molar-refractivity contribution in [3.63, 3.8) is 0 Å². The molecular formula is C15H19N5O3. The van der Waals surface area contributed by atoms with Crippen LogP contribution < -0.4 is 5.32 Å². The van der Waals surface area contributed by atoms with E-state index in [1.165, 1.54) is 12.4 Å². The van der Waals surface area contributed by atoms with Gasteiger partial charge >= 0.3 is 0 Å². The average molecular weight is 317 g/mol. The van der Waals surface area contributed by atoms with Crippen molar-refractivity contribution >= 4 is 5.91 Å². The number of hydrogen-bond acceptors (Lipinski definition) is 6. The molecule has 0 saturated carbocycles. The molecule has 2 aromatic heterocycles. The number of ether oxygens (including phenoxy) is 2. The van der Waals surface area contributed by atoms with Crippen LogP contribution in [-0.4, -0.2) is 52.8 Å². The van der Waals surface area contributed by atoms with Crippen LogP contribution in [0.25, 0.3) is 0 Å². The molecule has 8 nitrogen and oxygen atoms in total. The van der Waals surface area contributed by atoms with Crippen molar-refractivity contribution in [3.05, 3.63) is 41.5 Å². The molecule has 0 spiro atoms. The molecule has 0 saturated heterocycles. The molecule has 3 heterocycles. The molecule has 1 aliphatic rings. The lowest BCUT2D eigenvalue weighted by atomic mass is 10.1. The van der Waals surface area contributed by atoms with Crippen LogP contribution in [0.15, 0.2) is 24.7 Å². The monoisotopic (exact) mass is 317 g/mol. The van der Waals surface area contributed by atoms with Gasteiger partial charge in [0.2, 0.25) is 0 Å². The van der Waals surface area contributed by atoms with Crippen LogP contribution in [0.3, 0.4) is 0 Å². The van der Waals surface area contributed by atoms with E-state index in [9.17, 15) is 4.79 Å². The van der Waals surface area contributed by atoms with E-state index in [0.29, 0.717) is 31.9 Å². The lowest BCUT2D eigenvalue weighted by molar-refractivity contribution is 0.0382. The maximum absolute atomic E-state index is 12.1. The van der Waals surface area contributed by atoms with E-state index < -0.39 is 0 Å². The number of carbonyl (C=O) groups excluding carboxylic acids is 1. The minimum atomic E-state index is -0.235. The molecule has 1 unspecified atom stereocenters. The number of nitrogens with one attached hydrogen (secondary N) is 1. The van der Waals surface area contributed by atoms with Gasteiger partial charge in [0.05, 0.1) is 43.4 Å². The molecule has 1 aliphatic heterocycles. The third-order valence-electron chi connectivity index (χ3n) is 3.68. The molecule has 23 heavy (non-hydrogen) atoms. The van der Waals surface area contributed by atoms with Gasteiger partial charge in [-0.25, -0.2) is 0 Å². The van der Waals surface area contributed by atoms with Crippen molar-refractivity contribution in [2.24, 2.45) is 0 Å². The molecular weight excluding hydrogens is 298 g/mol. The second kappa shape index (κ2) is 7.30. The minimum Gasteiger partial charge on any atom is -0.383 e. The summed E-state index contributed by atoms with van der Waals surface area (Å²) >= 11 is 0. The number of methoxy groups -OCH3 is 1. The van der Waals surface area contributed by atoms with E-state index in [1.807, 2.05) is 10.9 Å². The van der Waals surface area contributed by atoms with Crippen molar-refractivity contribution in [2.75, 3.05) is 26.9 Å². The molecule has 0 aromatic carbocycles. The Bertz CT molecular complexity index is 658. The SMILES string of the molecule is COCCn1cc2c(n1)C(CNC(=O)c1ccnnc1)OCC2. The lowest BCUT2D eigenvalue weighted by Gasteiger charge is -2.22. The molecule has 3 rings (SSSR count). The zero-order valence-corrected chi connectivity index (χ0v) is 12.9. The molecule has 0 bridgehead atoms. The van der Waals surface area contributed by atoms with Crippen molar-refractivity contribution in [1.82, 2.24) is 25.3 Å². The summed E-state index contributed by atoms with van der Waals surface area (Å²) < 4.78 is 12.7. The Balaban J connectivity index is 1.64. The molecule has 2 aromatic rings. The zero-order valence-electron chi connectivity index (χ0n) is 12.9. The number of fused-ring (bicyclic) bond motifs is 1. The summed E-state index contributed by atoms with van der Waals surface area (Å²) in [5.41, 5.74) is 2.53. The van der Waals surface area contributed by atoms with Gasteiger partial charge in [0.25, 0.3) is 5.91 Å². The fraction of sp³-hybridized carbons (Fsp3) is 0.467. The van der Waals surface area contributed by atoms with E-state index in [-0.39, 0.29) is 12.0 Å². The molecule has 8 heteroatoms. The van der Waals surface area contributed by atoms with Gasteiger partial charge in [0, 0.05) is 19.9 Å². The highest BCUT2D eigenvalue weighted by Gasteiger charge is 2.25. The van der Waals surface area contributed by atoms with Crippen LogP contribution >= 0.6 is 0 Å². The number of hydrogen-bond donors (Lipinski definition) is 1. The fourth-order valence-electron chi connectivity index (χ4n) is 2.50. The molecule has 1 N–H and O–H groups in total. The second-order valence-electron chi connectivity index (χ2n) is 5.25. The predicted octanol–water partition coefficient (Wildman–Crippen LogP) is 0.363. The maximum Gasteiger partial charge on any atom is 0.253 e. The Kier molecular flexibility index (Phi) is 4.94. The molecule has 0 aliphatic carbocycles. The molecule has 0 fully saturated rings. The maximum atomic E-state index is 12.1. The van der Waals surface area contributed by atoms with Crippen molar-refractivity contribution in [2.45, 2.75) is 19.1 Å². The Morgan fingerprint density at radius 3 is 3.22 bits per heavy atom. The van der Waals surface area contributed by atoms with E-state index in [2.05, 4.69) is 20.6 Å². The normalized spacial score (nSPS) is 16.8. The Hall–Kier alpha value is -2.32. The number of nitrogens with zero attached hydrogens (tertiary/aromatic N) is 4. The summed E-state index contributed by atoms with van der Waals surface area (Å²) in [5, 5.41) is 14.8. The van der Waals surface area contributed by atoms with Gasteiger partial charge in [0.15, 0.2) is 0 Å². The fourth-order valence-corrected chi connectivity index (χ4v) is 2.50. The van der Waals surface area contributed by atoms with Crippen molar-refractivity contribution in [3.8, 4) is 0 Å². The van der Waals surface area contributed by atoms with Gasteiger partial charge in [-0.2, -0.15) is 15.3 Å². The first kappa shape index (κ1) is 15.6. The topological polar surface area (TPSA) is 91.2 Å². The van der Waals surface area contributed by atoms with Crippen LogP contribution in [0.1, 0.15) is 27.7 Å². The van der Waals surface area contributed by atoms with E-state index >= 15 is 0 Å². The Morgan fingerprint density at radius 1 is 1.52 bits per heavy atom. The number of aromatic nitrogens is 4. The Labute approximate surface area is 133 Å². The van der Waals surface area contributed by atoms with E-state index in [1.54, 1.807) is 13.2 Å². The van der Waals surface area contributed by atoms with Gasteiger partial charge in [-0.1, -0.05) is 0 Å². The number of rotatable bonds is 6. The second-order valence-corrected chi connectivity index (χ2v) is 5.25. The summed E-state index contributed by atoms with van der Waals surface area (Å²) in [6, 6.07) is 1.62. The number of amides is 1. The average Bonchev–Trinajstić information content (AvgIpc) is 3.02. The van der Waals surface area contributed by atoms with E-state index in [0.717, 1.165) is 17.7 Å². The predicted molar refractivity (Wildman–Crippen MR) is 80.9 cm³/mol. The molecule has 0 radical (unpaired) electrons. The van der Waals surface area contributed by atoms with Crippen LogP contribution in [0.4, 0.5) is 0 Å². The third-order valence-corrected chi connectivity index (χ3v) is 3.68. The lowest BCUT2D eigenvalue weighted by Crippen LogP contribution is -2.32. The third kappa shape index (κ3) is 3.72. The van der Waals surface area contributed by atoms with Gasteiger partial charge < -0.3 is 14.8 Å². The first-order chi connectivity index (χ1) is 11.3. The minimum absolute atomic E-state index is 0.200. The summed E-state index contributed by atoms with van der Waals surface area (Å²) in [6.07, 6.45) is 5.55. The Morgan fingerprint density at radius 2 is 2.43 bits per heavy atom. The highest BCUT2D eigenvalue weighted by Crippen LogP contribution is 2.25. The summed E-state index contributed by atoms with van der Waals surface area (Å²) in [5.74, 6) is -0.200. The number of carbonyl (C=O) groups is 1. The first-order valence-electron chi connectivity index (χ1n) is 7.49. The highest BCUT2D eigenvalue weighted by molar-refractivity contribution is 5.93. The quantitative estimate of drug-likeness (QED) is 0.827.